The first-order chi connectivity index (χ1) is 11.1. The van der Waals surface area contributed by atoms with E-state index in [0.29, 0.717) is 5.69 Å². The number of carbonyl (C=O) groups excluding carboxylic acids is 2. The predicted octanol–water partition coefficient (Wildman–Crippen LogP) is 2.34. The van der Waals surface area contributed by atoms with Crippen LogP contribution in [0.3, 0.4) is 0 Å². The zero-order valence-electron chi connectivity index (χ0n) is 12.9. The number of nitrogens with one attached hydrogen (secondary N) is 1. The Bertz CT molecular complexity index is 677. The minimum Gasteiger partial charge on any atom is -0.369 e. The smallest absolute Gasteiger partial charge is 0.243 e. The third kappa shape index (κ3) is 5.34. The lowest BCUT2D eigenvalue weighted by Crippen LogP contribution is -2.30. The number of para-hydroxylation sites is 2. The lowest BCUT2D eigenvalue weighted by Gasteiger charge is -2.19. The number of primary amides is 1. The summed E-state index contributed by atoms with van der Waals surface area (Å²) in [5, 5.41) is 2.88. The molecule has 2 amide bonds. The van der Waals surface area contributed by atoms with Crippen LogP contribution in [0.2, 0.25) is 0 Å². The summed E-state index contributed by atoms with van der Waals surface area (Å²) < 4.78 is 0. The van der Waals surface area contributed by atoms with Crippen molar-refractivity contribution in [1.82, 2.24) is 0 Å². The molecule has 2 rings (SSSR count). The average Bonchev–Trinajstić information content (AvgIpc) is 2.54. The van der Waals surface area contributed by atoms with Crippen molar-refractivity contribution in [3.8, 4) is 0 Å². The van der Waals surface area contributed by atoms with Crippen molar-refractivity contribution in [1.29, 1.82) is 0 Å². The van der Waals surface area contributed by atoms with Crippen LogP contribution in [0.5, 0.6) is 0 Å². The van der Waals surface area contributed by atoms with E-state index >= 15 is 0 Å². The summed E-state index contributed by atoms with van der Waals surface area (Å²) in [5.41, 5.74) is 6.82. The van der Waals surface area contributed by atoms with Gasteiger partial charge >= 0.3 is 0 Å². The van der Waals surface area contributed by atoms with Crippen molar-refractivity contribution < 1.29 is 9.59 Å². The molecule has 0 bridgehead atoms. The Hall–Kier alpha value is -2.47. The first kappa shape index (κ1) is 16.9. The number of anilines is 2. The van der Waals surface area contributed by atoms with E-state index in [1.165, 1.54) is 11.8 Å². The van der Waals surface area contributed by atoms with Crippen LogP contribution >= 0.6 is 11.8 Å². The van der Waals surface area contributed by atoms with Crippen LogP contribution in [0.1, 0.15) is 0 Å². The van der Waals surface area contributed by atoms with Crippen molar-refractivity contribution in [3.63, 3.8) is 0 Å². The largest absolute Gasteiger partial charge is 0.369 e. The number of amides is 2. The molecule has 120 valence electrons. The molecule has 0 aromatic heterocycles. The van der Waals surface area contributed by atoms with Gasteiger partial charge in [0.05, 0.1) is 18.0 Å². The molecule has 23 heavy (non-hydrogen) atoms. The zero-order chi connectivity index (χ0) is 16.7. The normalized spacial score (nSPS) is 10.1. The van der Waals surface area contributed by atoms with Crippen molar-refractivity contribution in [2.45, 2.75) is 4.90 Å². The lowest BCUT2D eigenvalue weighted by molar-refractivity contribution is -0.116. The van der Waals surface area contributed by atoms with Crippen LogP contribution in [-0.4, -0.2) is 31.2 Å². The van der Waals surface area contributed by atoms with Gasteiger partial charge in [0.1, 0.15) is 0 Å². The topological polar surface area (TPSA) is 75.4 Å². The van der Waals surface area contributed by atoms with Crippen molar-refractivity contribution in [2.24, 2.45) is 5.73 Å². The van der Waals surface area contributed by atoms with Gasteiger partial charge in [-0.2, -0.15) is 0 Å². The van der Waals surface area contributed by atoms with Crippen LogP contribution in [0.4, 0.5) is 11.4 Å². The predicted molar refractivity (Wildman–Crippen MR) is 94.7 cm³/mol. The fourth-order valence-corrected chi connectivity index (χ4v) is 2.77. The summed E-state index contributed by atoms with van der Waals surface area (Å²) in [6, 6.07) is 17.0. The summed E-state index contributed by atoms with van der Waals surface area (Å²) in [5.74, 6) is -0.333. The van der Waals surface area contributed by atoms with Crippen LogP contribution in [0.15, 0.2) is 59.5 Å². The minimum absolute atomic E-state index is 0.122. The first-order valence-electron chi connectivity index (χ1n) is 7.12. The van der Waals surface area contributed by atoms with E-state index in [0.717, 1.165) is 10.6 Å². The first-order valence-corrected chi connectivity index (χ1v) is 8.11. The fraction of sp³-hybridized carbons (Fsp3) is 0.176. The maximum Gasteiger partial charge on any atom is 0.243 e. The Morgan fingerprint density at radius 2 is 1.74 bits per heavy atom. The van der Waals surface area contributed by atoms with E-state index in [4.69, 9.17) is 5.73 Å². The summed E-state index contributed by atoms with van der Waals surface area (Å²) in [6.45, 7) is 0.235. The number of nitrogens with zero attached hydrogens (tertiary/aromatic N) is 1. The Morgan fingerprint density at radius 3 is 2.43 bits per heavy atom. The van der Waals surface area contributed by atoms with E-state index in [1.54, 1.807) is 0 Å². The van der Waals surface area contributed by atoms with E-state index in [9.17, 15) is 9.59 Å². The quantitative estimate of drug-likeness (QED) is 0.765. The number of nitrogens with two attached hydrogens (primary N) is 1. The number of thioether (sulfide) groups is 1. The molecule has 0 atom stereocenters. The van der Waals surface area contributed by atoms with Gasteiger partial charge in [0.2, 0.25) is 11.8 Å². The number of benzene rings is 2. The van der Waals surface area contributed by atoms with E-state index in [-0.39, 0.29) is 24.1 Å². The molecule has 0 aliphatic heterocycles. The molecule has 2 aromatic carbocycles. The second-order valence-corrected chi connectivity index (χ2v) is 6.01. The molecular formula is C17H19N3O2S. The number of hydrogen-bond donors (Lipinski definition) is 2. The van der Waals surface area contributed by atoms with Gasteiger partial charge in [-0.15, -0.1) is 11.8 Å². The molecule has 5 nitrogen and oxygen atoms in total. The highest BCUT2D eigenvalue weighted by atomic mass is 32.2. The molecule has 2 aromatic rings. The van der Waals surface area contributed by atoms with E-state index < -0.39 is 0 Å². The van der Waals surface area contributed by atoms with Gasteiger partial charge in [-0.05, 0) is 24.3 Å². The second kappa shape index (κ2) is 8.24. The van der Waals surface area contributed by atoms with Crippen LogP contribution in [-0.2, 0) is 9.59 Å². The Kier molecular flexibility index (Phi) is 6.05. The molecule has 0 radical (unpaired) electrons. The molecule has 0 heterocycles. The highest BCUT2D eigenvalue weighted by Crippen LogP contribution is 2.26. The molecular weight excluding hydrogens is 310 g/mol. The maximum atomic E-state index is 12.2. The fourth-order valence-electron chi connectivity index (χ4n) is 2.02. The SMILES string of the molecule is CN(CC(=O)Nc1ccccc1SCC(N)=O)c1ccccc1. The number of hydrogen-bond acceptors (Lipinski definition) is 4. The highest BCUT2D eigenvalue weighted by molar-refractivity contribution is 8.00. The molecule has 0 saturated carbocycles. The lowest BCUT2D eigenvalue weighted by atomic mass is 10.3. The third-order valence-electron chi connectivity index (χ3n) is 3.11. The van der Waals surface area contributed by atoms with Crippen LogP contribution in [0, 0.1) is 0 Å². The molecule has 0 aliphatic rings. The molecule has 0 spiro atoms. The number of likely N-dealkylation sites (N-methyl/N-ethyl adjacent to an activating group) is 1. The Labute approximate surface area is 139 Å². The van der Waals surface area contributed by atoms with Crippen molar-refractivity contribution in [2.75, 3.05) is 29.6 Å². The van der Waals surface area contributed by atoms with Gasteiger partial charge < -0.3 is 16.0 Å². The van der Waals surface area contributed by atoms with Gasteiger partial charge in [-0.25, -0.2) is 0 Å². The van der Waals surface area contributed by atoms with Gasteiger partial charge in [0, 0.05) is 17.6 Å². The summed E-state index contributed by atoms with van der Waals surface area (Å²) >= 11 is 1.31. The standard InChI is InChI=1S/C17H19N3O2S/c1-20(13-7-3-2-4-8-13)11-17(22)19-14-9-5-6-10-15(14)23-12-16(18)21/h2-10H,11-12H2,1H3,(H2,18,21)(H,19,22). The van der Waals surface area contributed by atoms with Crippen LogP contribution in [0.25, 0.3) is 0 Å². The molecule has 0 aliphatic carbocycles. The molecule has 6 heteroatoms. The summed E-state index contributed by atoms with van der Waals surface area (Å²) in [7, 11) is 1.86. The van der Waals surface area contributed by atoms with Crippen molar-refractivity contribution >= 4 is 35.0 Å². The highest BCUT2D eigenvalue weighted by Gasteiger charge is 2.10. The van der Waals surface area contributed by atoms with E-state index in [2.05, 4.69) is 5.32 Å². The molecule has 3 N–H and O–H groups in total. The average molecular weight is 329 g/mol. The number of carbonyl (C=O) groups is 2. The molecule has 0 unspecified atom stereocenters. The molecule has 0 fully saturated rings. The summed E-state index contributed by atoms with van der Waals surface area (Å²) in [4.78, 5) is 25.8. The zero-order valence-corrected chi connectivity index (χ0v) is 13.7. The second-order valence-electron chi connectivity index (χ2n) is 4.99. The molecule has 0 saturated heterocycles. The Balaban J connectivity index is 1.99. The van der Waals surface area contributed by atoms with Gasteiger partial charge in [0.15, 0.2) is 0 Å². The van der Waals surface area contributed by atoms with Gasteiger partial charge in [-0.3, -0.25) is 9.59 Å². The minimum atomic E-state index is -0.389. The van der Waals surface area contributed by atoms with Gasteiger partial charge in [-0.1, -0.05) is 30.3 Å². The van der Waals surface area contributed by atoms with Gasteiger partial charge in [0.25, 0.3) is 0 Å². The monoisotopic (exact) mass is 329 g/mol. The summed E-state index contributed by atoms with van der Waals surface area (Å²) in [6.07, 6.45) is 0. The Morgan fingerprint density at radius 1 is 1.09 bits per heavy atom. The third-order valence-corrected chi connectivity index (χ3v) is 4.20. The van der Waals surface area contributed by atoms with Crippen LogP contribution < -0.4 is 16.0 Å². The van der Waals surface area contributed by atoms with E-state index in [1.807, 2.05) is 66.5 Å². The van der Waals surface area contributed by atoms with Crippen molar-refractivity contribution in [3.05, 3.63) is 54.6 Å². The number of rotatable bonds is 7. The maximum absolute atomic E-state index is 12.2.